The number of aromatic nitrogens is 6. The van der Waals surface area contributed by atoms with Gasteiger partial charge in [0.1, 0.15) is 21.6 Å². The highest BCUT2D eigenvalue weighted by Gasteiger charge is 2.07. The van der Waals surface area contributed by atoms with Gasteiger partial charge >= 0.3 is 0 Å². The minimum Gasteiger partial charge on any atom is -0.457 e. The third-order valence-electron chi connectivity index (χ3n) is 4.00. The number of thioether (sulfide) groups is 2. The van der Waals surface area contributed by atoms with Crippen LogP contribution < -0.4 is 15.4 Å². The van der Waals surface area contributed by atoms with Crippen LogP contribution in [-0.4, -0.2) is 54.1 Å². The van der Waals surface area contributed by atoms with E-state index in [-0.39, 0.29) is 23.3 Å². The van der Waals surface area contributed by atoms with Crippen molar-refractivity contribution in [1.82, 2.24) is 30.8 Å². The zero-order valence-electron chi connectivity index (χ0n) is 17.0. The Morgan fingerprint density at radius 1 is 0.727 bits per heavy atom. The highest BCUT2D eigenvalue weighted by molar-refractivity contribution is 8.00. The van der Waals surface area contributed by atoms with Gasteiger partial charge in [-0.15, -0.1) is 10.2 Å². The van der Waals surface area contributed by atoms with Gasteiger partial charge in [-0.1, -0.05) is 23.5 Å². The van der Waals surface area contributed by atoms with Gasteiger partial charge in [-0.05, 0) is 48.5 Å². The first-order chi connectivity index (χ1) is 16.1. The molecule has 2 aromatic carbocycles. The van der Waals surface area contributed by atoms with Crippen LogP contribution >= 0.6 is 23.5 Å². The van der Waals surface area contributed by atoms with Crippen LogP contribution in [-0.2, 0) is 9.59 Å². The number of amides is 2. The van der Waals surface area contributed by atoms with E-state index in [1.807, 2.05) is 0 Å². The van der Waals surface area contributed by atoms with Gasteiger partial charge in [0.2, 0.25) is 11.8 Å². The van der Waals surface area contributed by atoms with Crippen LogP contribution in [0.15, 0.2) is 71.0 Å². The van der Waals surface area contributed by atoms with E-state index in [9.17, 15) is 9.59 Å². The Labute approximate surface area is 196 Å². The molecule has 0 atom stereocenters. The van der Waals surface area contributed by atoms with Crippen molar-refractivity contribution >= 4 is 46.7 Å². The number of H-pyrrole nitrogens is 2. The van der Waals surface area contributed by atoms with E-state index in [4.69, 9.17) is 4.74 Å². The lowest BCUT2D eigenvalue weighted by atomic mass is 10.3. The summed E-state index contributed by atoms with van der Waals surface area (Å²) in [7, 11) is 0. The summed E-state index contributed by atoms with van der Waals surface area (Å²) >= 11 is 2.58. The number of ether oxygens (including phenoxy) is 1. The Hall–Kier alpha value is -3.84. The molecular formula is C20H18N8O3S2. The SMILES string of the molecule is O=C(CSc1cn[nH]n1)Nc1ccc(Oc2ccc(NC(=O)CSc3cn[nH]n3)cc2)cc1. The summed E-state index contributed by atoms with van der Waals surface area (Å²) in [5.74, 6) is 1.40. The highest BCUT2D eigenvalue weighted by atomic mass is 32.2. The number of rotatable bonds is 10. The molecule has 2 heterocycles. The average Bonchev–Trinajstić information content (AvgIpc) is 3.53. The molecule has 0 spiro atoms. The van der Waals surface area contributed by atoms with Crippen LogP contribution in [0.3, 0.4) is 0 Å². The molecule has 13 heteroatoms. The van der Waals surface area contributed by atoms with Crippen molar-refractivity contribution in [3.63, 3.8) is 0 Å². The fourth-order valence-electron chi connectivity index (χ4n) is 2.54. The van der Waals surface area contributed by atoms with Crippen molar-refractivity contribution in [3.05, 3.63) is 60.9 Å². The molecule has 4 aromatic rings. The first kappa shape index (κ1) is 22.4. The quantitative estimate of drug-likeness (QED) is 0.250. The minimum absolute atomic E-state index is 0.145. The third kappa shape index (κ3) is 7.08. The molecule has 0 aliphatic carbocycles. The molecule has 0 radical (unpaired) electrons. The van der Waals surface area contributed by atoms with Crippen molar-refractivity contribution in [3.8, 4) is 11.5 Å². The van der Waals surface area contributed by atoms with Crippen LogP contribution in [0.5, 0.6) is 11.5 Å². The summed E-state index contributed by atoms with van der Waals surface area (Å²) in [5, 5.41) is 27.1. The Morgan fingerprint density at radius 2 is 1.15 bits per heavy atom. The molecule has 0 aliphatic heterocycles. The molecule has 0 saturated heterocycles. The van der Waals surface area contributed by atoms with Crippen molar-refractivity contribution < 1.29 is 14.3 Å². The summed E-state index contributed by atoms with van der Waals surface area (Å²) in [6.07, 6.45) is 3.12. The van der Waals surface area contributed by atoms with Crippen molar-refractivity contribution in [2.45, 2.75) is 10.1 Å². The lowest BCUT2D eigenvalue weighted by Crippen LogP contribution is -2.14. The average molecular weight is 483 g/mol. The maximum Gasteiger partial charge on any atom is 0.234 e. The molecule has 0 bridgehead atoms. The molecule has 2 aromatic heterocycles. The molecular weight excluding hydrogens is 464 g/mol. The second-order valence-corrected chi connectivity index (χ2v) is 8.43. The zero-order chi connectivity index (χ0) is 22.9. The Morgan fingerprint density at radius 3 is 1.52 bits per heavy atom. The number of carbonyl (C=O) groups excluding carboxylic acids is 2. The van der Waals surface area contributed by atoms with E-state index in [2.05, 4.69) is 41.5 Å². The van der Waals surface area contributed by atoms with Crippen LogP contribution in [0.1, 0.15) is 0 Å². The summed E-state index contributed by atoms with van der Waals surface area (Å²) in [6, 6.07) is 14.1. The molecule has 0 unspecified atom stereocenters. The standard InChI is InChI=1S/C20H18N8O3S2/c29-17(11-32-19-9-21-27-25-19)23-13-1-5-15(6-2-13)31-16-7-3-14(4-8-16)24-18(30)12-33-20-10-22-28-26-20/h1-10H,11-12H2,(H,23,29)(H,24,30)(H,21,25,27)(H,22,26,28). The third-order valence-corrected chi connectivity index (χ3v) is 5.80. The number of carbonyl (C=O) groups is 2. The topological polar surface area (TPSA) is 151 Å². The Balaban J connectivity index is 1.22. The van der Waals surface area contributed by atoms with Gasteiger partial charge in [-0.25, -0.2) is 0 Å². The maximum atomic E-state index is 12.0. The van der Waals surface area contributed by atoms with Gasteiger partial charge in [0.15, 0.2) is 0 Å². The predicted octanol–water partition coefficient (Wildman–Crippen LogP) is 3.18. The first-order valence-electron chi connectivity index (χ1n) is 9.59. The van der Waals surface area contributed by atoms with Gasteiger partial charge in [0, 0.05) is 11.4 Å². The summed E-state index contributed by atoms with van der Waals surface area (Å²) in [6.45, 7) is 0. The minimum atomic E-state index is -0.145. The molecule has 168 valence electrons. The molecule has 0 aliphatic rings. The molecule has 11 nitrogen and oxygen atoms in total. The van der Waals surface area contributed by atoms with E-state index < -0.39 is 0 Å². The van der Waals surface area contributed by atoms with Crippen LogP contribution in [0.4, 0.5) is 11.4 Å². The van der Waals surface area contributed by atoms with Crippen LogP contribution in [0, 0.1) is 0 Å². The number of benzene rings is 2. The molecule has 33 heavy (non-hydrogen) atoms. The van der Waals surface area contributed by atoms with E-state index in [1.54, 1.807) is 60.9 Å². The van der Waals surface area contributed by atoms with Gasteiger partial charge < -0.3 is 15.4 Å². The number of hydrogen-bond donors (Lipinski definition) is 4. The smallest absolute Gasteiger partial charge is 0.234 e. The summed E-state index contributed by atoms with van der Waals surface area (Å²) in [4.78, 5) is 24.1. The monoisotopic (exact) mass is 482 g/mol. The van der Waals surface area contributed by atoms with E-state index in [0.29, 0.717) is 32.9 Å². The predicted molar refractivity (Wildman–Crippen MR) is 124 cm³/mol. The van der Waals surface area contributed by atoms with Gasteiger partial charge in [-0.2, -0.15) is 20.6 Å². The van der Waals surface area contributed by atoms with Crippen molar-refractivity contribution in [2.75, 3.05) is 22.1 Å². The first-order valence-corrected chi connectivity index (χ1v) is 11.6. The second kappa shape index (κ2) is 11.2. The highest BCUT2D eigenvalue weighted by Crippen LogP contribution is 2.25. The molecule has 0 fully saturated rings. The van der Waals surface area contributed by atoms with Crippen molar-refractivity contribution in [2.24, 2.45) is 0 Å². The fourth-order valence-corrected chi connectivity index (χ4v) is 3.71. The van der Waals surface area contributed by atoms with E-state index in [0.717, 1.165) is 0 Å². The number of aromatic amines is 2. The van der Waals surface area contributed by atoms with Gasteiger partial charge in [0.25, 0.3) is 0 Å². The molecule has 0 saturated carbocycles. The second-order valence-electron chi connectivity index (χ2n) is 6.44. The van der Waals surface area contributed by atoms with Crippen molar-refractivity contribution in [1.29, 1.82) is 0 Å². The number of nitrogens with one attached hydrogen (secondary N) is 4. The number of nitrogens with zero attached hydrogens (tertiary/aromatic N) is 4. The lowest BCUT2D eigenvalue weighted by Gasteiger charge is -2.09. The molecule has 2 amide bonds. The van der Waals surface area contributed by atoms with Crippen LogP contribution in [0.25, 0.3) is 0 Å². The summed E-state index contributed by atoms with van der Waals surface area (Å²) < 4.78 is 5.82. The molecule has 4 rings (SSSR count). The number of anilines is 2. The van der Waals surface area contributed by atoms with Crippen LogP contribution in [0.2, 0.25) is 0 Å². The van der Waals surface area contributed by atoms with Gasteiger partial charge in [0.05, 0.1) is 23.9 Å². The van der Waals surface area contributed by atoms with E-state index >= 15 is 0 Å². The largest absolute Gasteiger partial charge is 0.457 e. The maximum absolute atomic E-state index is 12.0. The Kier molecular flexibility index (Phi) is 7.56. The Bertz CT molecular complexity index is 1070. The van der Waals surface area contributed by atoms with Gasteiger partial charge in [-0.3, -0.25) is 9.59 Å². The van der Waals surface area contributed by atoms with E-state index in [1.165, 1.54) is 23.5 Å². The summed E-state index contributed by atoms with van der Waals surface area (Å²) in [5.41, 5.74) is 1.32. The zero-order valence-corrected chi connectivity index (χ0v) is 18.7. The fraction of sp³-hybridized carbons (Fsp3) is 0.100. The normalized spacial score (nSPS) is 10.5. The number of hydrogen-bond acceptors (Lipinski definition) is 9. The molecule has 4 N–H and O–H groups in total. The lowest BCUT2D eigenvalue weighted by molar-refractivity contribution is -0.114.